The van der Waals surface area contributed by atoms with E-state index in [0.717, 1.165) is 16.7 Å². The fourth-order valence-corrected chi connectivity index (χ4v) is 4.64. The van der Waals surface area contributed by atoms with Crippen molar-refractivity contribution >= 4 is 22.8 Å². The van der Waals surface area contributed by atoms with Crippen molar-refractivity contribution in [2.75, 3.05) is 13.2 Å². The first-order valence-corrected chi connectivity index (χ1v) is 11.0. The first-order valence-electron chi connectivity index (χ1n) is 10.6. The summed E-state index contributed by atoms with van der Waals surface area (Å²) >= 11 is 6.55. The van der Waals surface area contributed by atoms with Crippen LogP contribution in [0, 0.1) is 4.91 Å². The summed E-state index contributed by atoms with van der Waals surface area (Å²) in [7, 11) is 0. The molecular weight excluding hydrogens is 444 g/mol. The highest BCUT2D eigenvalue weighted by Gasteiger charge is 2.50. The number of imidazole rings is 1. The molecule has 0 saturated carbocycles. The molecule has 0 radical (unpaired) electrons. The molecule has 0 amide bonds. The van der Waals surface area contributed by atoms with Gasteiger partial charge in [-0.15, -0.1) is 0 Å². The zero-order valence-electron chi connectivity index (χ0n) is 17.3. The maximum Gasteiger partial charge on any atom is 0.296 e. The molecule has 2 saturated heterocycles. The van der Waals surface area contributed by atoms with Crippen molar-refractivity contribution in [2.45, 2.75) is 24.4 Å². The van der Waals surface area contributed by atoms with Gasteiger partial charge in [0.2, 0.25) is 0 Å². The molecule has 4 aromatic rings. The molecule has 0 spiro atoms. The third-order valence-electron chi connectivity index (χ3n) is 6.05. The molecule has 33 heavy (non-hydrogen) atoms. The zero-order valence-corrected chi connectivity index (χ0v) is 18.1. The van der Waals surface area contributed by atoms with Gasteiger partial charge in [-0.1, -0.05) is 71.4 Å². The molecule has 2 aliphatic heterocycles. The van der Waals surface area contributed by atoms with Gasteiger partial charge in [-0.05, 0) is 17.2 Å². The molecule has 4 atom stereocenters. The van der Waals surface area contributed by atoms with Gasteiger partial charge < -0.3 is 19.2 Å². The second kappa shape index (κ2) is 8.22. The van der Waals surface area contributed by atoms with Crippen molar-refractivity contribution in [3.63, 3.8) is 0 Å². The number of pyridine rings is 1. The van der Waals surface area contributed by atoms with Crippen LogP contribution in [0.3, 0.4) is 0 Å². The van der Waals surface area contributed by atoms with Gasteiger partial charge >= 0.3 is 0 Å². The van der Waals surface area contributed by atoms with Crippen LogP contribution in [-0.4, -0.2) is 52.5 Å². The first-order chi connectivity index (χ1) is 16.2. The van der Waals surface area contributed by atoms with Crippen LogP contribution < -0.4 is 4.74 Å². The predicted octanol–water partition coefficient (Wildman–Crippen LogP) is 4.63. The standard InChI is InChI=1S/C24H19ClN4O4/c25-16-10-17-23(27-20(16)15-8-6-14(7-9-15)13-4-2-1-3-5-13)28-24(26-17)33-19-12-32-21-18(29-30)11-31-22(19)21/h1-10,18-19,21-22H,11-12H2,(H,26,27,28)/t18?,19-,21-,22-/m1/s1. The van der Waals surface area contributed by atoms with E-state index in [-0.39, 0.29) is 24.9 Å². The van der Waals surface area contributed by atoms with Gasteiger partial charge in [-0.25, -0.2) is 4.98 Å². The minimum atomic E-state index is -0.504. The van der Waals surface area contributed by atoms with Crippen LogP contribution in [0.5, 0.6) is 6.01 Å². The minimum absolute atomic E-state index is 0.239. The number of nitrogens with zero attached hydrogens (tertiary/aromatic N) is 3. The Morgan fingerprint density at radius 2 is 1.67 bits per heavy atom. The quantitative estimate of drug-likeness (QED) is 0.434. The topological polar surface area (TPSA) is 98.7 Å². The molecule has 2 aromatic carbocycles. The van der Waals surface area contributed by atoms with Crippen molar-refractivity contribution in [3.05, 3.63) is 70.6 Å². The highest BCUT2D eigenvalue weighted by Crippen LogP contribution is 2.33. The third-order valence-corrected chi connectivity index (χ3v) is 6.34. The molecule has 6 rings (SSSR count). The summed E-state index contributed by atoms with van der Waals surface area (Å²) in [5, 5.41) is 3.58. The molecule has 0 aliphatic carbocycles. The van der Waals surface area contributed by atoms with Gasteiger partial charge in [-0.2, -0.15) is 9.89 Å². The maximum atomic E-state index is 10.9. The highest BCUT2D eigenvalue weighted by molar-refractivity contribution is 6.33. The largest absolute Gasteiger partial charge is 0.456 e. The van der Waals surface area contributed by atoms with Crippen molar-refractivity contribution in [3.8, 4) is 28.4 Å². The Morgan fingerprint density at radius 1 is 0.939 bits per heavy atom. The van der Waals surface area contributed by atoms with E-state index in [4.69, 9.17) is 25.8 Å². The van der Waals surface area contributed by atoms with Crippen molar-refractivity contribution < 1.29 is 14.2 Å². The van der Waals surface area contributed by atoms with Gasteiger partial charge in [0.25, 0.3) is 6.01 Å². The van der Waals surface area contributed by atoms with E-state index >= 15 is 0 Å². The lowest BCUT2D eigenvalue weighted by Gasteiger charge is -2.15. The van der Waals surface area contributed by atoms with Crippen molar-refractivity contribution in [1.82, 2.24) is 15.0 Å². The number of H-pyrrole nitrogens is 1. The minimum Gasteiger partial charge on any atom is -0.456 e. The number of aromatic amines is 1. The van der Waals surface area contributed by atoms with E-state index < -0.39 is 6.04 Å². The molecule has 2 fully saturated rings. The lowest BCUT2D eigenvalue weighted by atomic mass is 10.0. The molecule has 4 heterocycles. The number of fused-ring (bicyclic) bond motifs is 2. The van der Waals surface area contributed by atoms with Gasteiger partial charge in [0, 0.05) is 5.56 Å². The van der Waals surface area contributed by atoms with E-state index in [1.54, 1.807) is 6.07 Å². The van der Waals surface area contributed by atoms with E-state index in [9.17, 15) is 4.91 Å². The Bertz CT molecular complexity index is 1310. The lowest BCUT2D eigenvalue weighted by molar-refractivity contribution is 0.0270. The normalized spacial score (nSPS) is 24.2. The molecule has 1 N–H and O–H groups in total. The molecule has 166 valence electrons. The Morgan fingerprint density at radius 3 is 2.45 bits per heavy atom. The molecule has 8 nitrogen and oxygen atoms in total. The van der Waals surface area contributed by atoms with E-state index in [1.807, 2.05) is 42.5 Å². The van der Waals surface area contributed by atoms with E-state index in [2.05, 4.69) is 32.3 Å². The van der Waals surface area contributed by atoms with Crippen LogP contribution in [0.4, 0.5) is 0 Å². The Balaban J connectivity index is 1.25. The Kier molecular flexibility index (Phi) is 5.05. The summed E-state index contributed by atoms with van der Waals surface area (Å²) in [6, 6.07) is 19.8. The Labute approximate surface area is 193 Å². The maximum absolute atomic E-state index is 10.9. The first kappa shape index (κ1) is 20.3. The van der Waals surface area contributed by atoms with Crippen LogP contribution in [0.15, 0.2) is 65.8 Å². The van der Waals surface area contributed by atoms with Gasteiger partial charge in [0.05, 0.1) is 29.4 Å². The van der Waals surface area contributed by atoms with Crippen molar-refractivity contribution in [1.29, 1.82) is 0 Å². The number of halogens is 1. The number of ether oxygens (including phenoxy) is 3. The van der Waals surface area contributed by atoms with Crippen LogP contribution in [0.2, 0.25) is 5.02 Å². The van der Waals surface area contributed by atoms with Crippen LogP contribution in [0.1, 0.15) is 0 Å². The predicted molar refractivity (Wildman–Crippen MR) is 123 cm³/mol. The number of hydrogen-bond donors (Lipinski definition) is 1. The molecule has 1 unspecified atom stereocenters. The van der Waals surface area contributed by atoms with Gasteiger partial charge in [0.15, 0.2) is 11.8 Å². The summed E-state index contributed by atoms with van der Waals surface area (Å²) in [5.41, 5.74) is 4.95. The summed E-state index contributed by atoms with van der Waals surface area (Å²) < 4.78 is 17.3. The molecule has 2 aliphatic rings. The van der Waals surface area contributed by atoms with Gasteiger partial charge in [-0.3, -0.25) is 0 Å². The average Bonchev–Trinajstić information content (AvgIpc) is 3.55. The average molecular weight is 463 g/mol. The van der Waals surface area contributed by atoms with Crippen LogP contribution in [0.25, 0.3) is 33.5 Å². The number of nitroso groups, excluding NO2 is 1. The summed E-state index contributed by atoms with van der Waals surface area (Å²) in [5.74, 6) is 0. The summed E-state index contributed by atoms with van der Waals surface area (Å²) in [6.07, 6.45) is -1.12. The molecule has 0 bridgehead atoms. The van der Waals surface area contributed by atoms with E-state index in [1.165, 1.54) is 0 Å². The molecule has 2 aromatic heterocycles. The SMILES string of the molecule is O=NC1CO[C@H]2[C@@H]1OC[C@H]2Oc1nc2nc(-c3ccc(-c4ccccc4)cc3)c(Cl)cc2[nH]1. The second-order valence-corrected chi connectivity index (χ2v) is 8.51. The number of rotatable bonds is 5. The fourth-order valence-electron chi connectivity index (χ4n) is 4.38. The number of benzene rings is 2. The third kappa shape index (κ3) is 3.66. The van der Waals surface area contributed by atoms with Gasteiger partial charge in [0.1, 0.15) is 18.2 Å². The number of aromatic nitrogens is 3. The van der Waals surface area contributed by atoms with E-state index in [0.29, 0.717) is 34.5 Å². The number of hydrogen-bond acceptors (Lipinski definition) is 7. The highest BCUT2D eigenvalue weighted by atomic mass is 35.5. The fraction of sp³-hybridized carbons (Fsp3) is 0.250. The smallest absolute Gasteiger partial charge is 0.296 e. The number of nitrogens with one attached hydrogen (secondary N) is 1. The van der Waals surface area contributed by atoms with Crippen molar-refractivity contribution in [2.24, 2.45) is 5.18 Å². The zero-order chi connectivity index (χ0) is 22.4. The summed E-state index contributed by atoms with van der Waals surface area (Å²) in [6.45, 7) is 0.536. The second-order valence-electron chi connectivity index (χ2n) is 8.10. The van der Waals surface area contributed by atoms with Crippen LogP contribution in [-0.2, 0) is 9.47 Å². The molecular formula is C24H19ClN4O4. The van der Waals surface area contributed by atoms with Crippen LogP contribution >= 0.6 is 11.6 Å². The molecule has 9 heteroatoms. The lowest BCUT2D eigenvalue weighted by Crippen LogP contribution is -2.34. The summed E-state index contributed by atoms with van der Waals surface area (Å²) in [4.78, 5) is 23.2. The Hall–Kier alpha value is -3.33. The monoisotopic (exact) mass is 462 g/mol.